The Balaban J connectivity index is 2.77. The monoisotopic (exact) mass is 356 g/mol. The average Bonchev–Trinajstić information content (AvgIpc) is 2.43. The highest BCUT2D eigenvalue weighted by Gasteiger charge is 2.19. The van der Waals surface area contributed by atoms with Crippen LogP contribution in [0.4, 0.5) is 0 Å². The van der Waals surface area contributed by atoms with Crippen LogP contribution < -0.4 is 0 Å². The van der Waals surface area contributed by atoms with E-state index in [2.05, 4.69) is 29.8 Å². The first-order valence-electron chi connectivity index (χ1n) is 7.09. The quantitative estimate of drug-likeness (QED) is 0.542. The third kappa shape index (κ3) is 5.87. The van der Waals surface area contributed by atoms with Gasteiger partial charge in [0.25, 0.3) is 0 Å². The number of benzene rings is 1. The van der Waals surface area contributed by atoms with Gasteiger partial charge in [-0.25, -0.2) is 9.59 Å². The molecule has 0 unspecified atom stereocenters. The molecule has 0 saturated carbocycles. The van der Waals surface area contributed by atoms with Gasteiger partial charge in [-0.1, -0.05) is 29.8 Å². The van der Waals surface area contributed by atoms with Crippen molar-refractivity contribution in [3.63, 3.8) is 0 Å². The second-order valence-corrected chi connectivity index (χ2v) is 6.00. The molecule has 1 aromatic rings. The summed E-state index contributed by atoms with van der Waals surface area (Å²) < 4.78 is 10.9. The molecule has 1 aromatic carbocycles. The topological polar surface area (TPSA) is 52.6 Å². The molecule has 0 fully saturated rings. The first-order chi connectivity index (χ1) is 9.95. The predicted octanol–water partition coefficient (Wildman–Crippen LogP) is 4.22. The summed E-state index contributed by atoms with van der Waals surface area (Å²) in [5, 5.41) is 0. The lowest BCUT2D eigenvalue weighted by atomic mass is 10.1. The molecule has 0 atom stereocenters. The van der Waals surface area contributed by atoms with Gasteiger partial charge in [0.1, 0.15) is 0 Å². The van der Waals surface area contributed by atoms with Crippen LogP contribution in [0.15, 0.2) is 22.7 Å². The van der Waals surface area contributed by atoms with Gasteiger partial charge in [-0.2, -0.15) is 0 Å². The zero-order valence-corrected chi connectivity index (χ0v) is 14.2. The van der Waals surface area contributed by atoms with E-state index < -0.39 is 11.9 Å². The third-order valence-electron chi connectivity index (χ3n) is 2.86. The molecular weight excluding hydrogens is 336 g/mol. The molecule has 5 heteroatoms. The number of carbonyl (C=O) groups is 2. The Morgan fingerprint density at radius 3 is 2.43 bits per heavy atom. The highest BCUT2D eigenvalue weighted by Crippen LogP contribution is 2.19. The van der Waals surface area contributed by atoms with Crippen molar-refractivity contribution in [1.29, 1.82) is 0 Å². The zero-order chi connectivity index (χ0) is 15.8. The Bertz CT molecular complexity index is 497. The van der Waals surface area contributed by atoms with Gasteiger partial charge in [-0.05, 0) is 43.9 Å². The van der Waals surface area contributed by atoms with Crippen LogP contribution in [-0.4, -0.2) is 25.2 Å². The van der Waals surface area contributed by atoms with Gasteiger partial charge in [0.2, 0.25) is 0 Å². The lowest BCUT2D eigenvalue weighted by molar-refractivity contribution is 0.0460. The molecule has 116 valence electrons. The standard InChI is InChI=1S/C16H21BrO4/c1-4-20-15(18)13-8-7-12(17)10-14(13)16(19)21-9-5-6-11(2)3/h7-8,10-11H,4-6,9H2,1-3H3. The molecular formula is C16H21BrO4. The molecule has 21 heavy (non-hydrogen) atoms. The largest absolute Gasteiger partial charge is 0.462 e. The van der Waals surface area contributed by atoms with E-state index in [0.29, 0.717) is 17.0 Å². The summed E-state index contributed by atoms with van der Waals surface area (Å²) >= 11 is 3.29. The molecule has 0 aromatic heterocycles. The Hall–Kier alpha value is -1.36. The van der Waals surface area contributed by atoms with E-state index in [9.17, 15) is 9.59 Å². The van der Waals surface area contributed by atoms with Gasteiger partial charge < -0.3 is 9.47 Å². The minimum Gasteiger partial charge on any atom is -0.462 e. The van der Waals surface area contributed by atoms with Crippen LogP contribution in [0.5, 0.6) is 0 Å². The summed E-state index contributed by atoms with van der Waals surface area (Å²) in [5.41, 5.74) is 0.460. The summed E-state index contributed by atoms with van der Waals surface area (Å²) in [6, 6.07) is 4.84. The van der Waals surface area contributed by atoms with Crippen molar-refractivity contribution in [2.24, 2.45) is 5.92 Å². The SMILES string of the molecule is CCOC(=O)c1ccc(Br)cc1C(=O)OCCCC(C)C. The van der Waals surface area contributed by atoms with Gasteiger partial charge in [-0.15, -0.1) is 0 Å². The molecule has 0 amide bonds. The fourth-order valence-electron chi connectivity index (χ4n) is 1.81. The Kier molecular flexibility index (Phi) is 7.43. The number of ether oxygens (including phenoxy) is 2. The molecule has 0 radical (unpaired) electrons. The molecule has 1 rings (SSSR count). The maximum absolute atomic E-state index is 12.1. The van der Waals surface area contributed by atoms with E-state index >= 15 is 0 Å². The van der Waals surface area contributed by atoms with Crippen LogP contribution >= 0.6 is 15.9 Å². The first-order valence-corrected chi connectivity index (χ1v) is 7.88. The number of hydrogen-bond donors (Lipinski definition) is 0. The highest BCUT2D eigenvalue weighted by molar-refractivity contribution is 9.10. The number of halogens is 1. The fraction of sp³-hybridized carbons (Fsp3) is 0.500. The van der Waals surface area contributed by atoms with Crippen molar-refractivity contribution in [2.75, 3.05) is 13.2 Å². The molecule has 4 nitrogen and oxygen atoms in total. The summed E-state index contributed by atoms with van der Waals surface area (Å²) in [4.78, 5) is 24.0. The minimum atomic E-state index is -0.515. The Labute approximate surface area is 133 Å². The summed E-state index contributed by atoms with van der Waals surface area (Å²) in [6.07, 6.45) is 1.81. The molecule has 0 saturated heterocycles. The summed E-state index contributed by atoms with van der Waals surface area (Å²) in [5.74, 6) is -0.438. The van der Waals surface area contributed by atoms with Crippen molar-refractivity contribution in [1.82, 2.24) is 0 Å². The highest BCUT2D eigenvalue weighted by atomic mass is 79.9. The fourth-order valence-corrected chi connectivity index (χ4v) is 2.17. The van der Waals surface area contributed by atoms with Crippen molar-refractivity contribution >= 4 is 27.9 Å². The first kappa shape index (κ1) is 17.7. The predicted molar refractivity (Wildman–Crippen MR) is 84.5 cm³/mol. The van der Waals surface area contributed by atoms with E-state index in [4.69, 9.17) is 9.47 Å². The van der Waals surface area contributed by atoms with Crippen LogP contribution in [0.2, 0.25) is 0 Å². The molecule has 0 heterocycles. The molecule has 0 aliphatic heterocycles. The van der Waals surface area contributed by atoms with Gasteiger partial charge in [0, 0.05) is 4.47 Å². The van der Waals surface area contributed by atoms with Crippen molar-refractivity contribution in [3.05, 3.63) is 33.8 Å². The lowest BCUT2D eigenvalue weighted by Gasteiger charge is -2.10. The van der Waals surface area contributed by atoms with Crippen LogP contribution in [0.3, 0.4) is 0 Å². The van der Waals surface area contributed by atoms with Crippen molar-refractivity contribution < 1.29 is 19.1 Å². The van der Waals surface area contributed by atoms with Crippen LogP contribution in [0, 0.1) is 5.92 Å². The molecule has 0 bridgehead atoms. The van der Waals surface area contributed by atoms with Gasteiger partial charge in [0.05, 0.1) is 24.3 Å². The number of rotatable bonds is 7. The maximum atomic E-state index is 12.1. The smallest absolute Gasteiger partial charge is 0.339 e. The van der Waals surface area contributed by atoms with E-state index in [-0.39, 0.29) is 17.7 Å². The van der Waals surface area contributed by atoms with Crippen LogP contribution in [-0.2, 0) is 9.47 Å². The second kappa shape index (κ2) is 8.82. The molecule has 0 aliphatic rings. The zero-order valence-electron chi connectivity index (χ0n) is 12.6. The lowest BCUT2D eigenvalue weighted by Crippen LogP contribution is -2.14. The number of carbonyl (C=O) groups excluding carboxylic acids is 2. The van der Waals surface area contributed by atoms with Crippen molar-refractivity contribution in [2.45, 2.75) is 33.6 Å². The Morgan fingerprint density at radius 1 is 1.14 bits per heavy atom. The Morgan fingerprint density at radius 2 is 1.81 bits per heavy atom. The van der Waals surface area contributed by atoms with E-state index in [1.807, 2.05) is 0 Å². The number of esters is 2. The summed E-state index contributed by atoms with van der Waals surface area (Å²) in [7, 11) is 0. The molecule has 0 aliphatic carbocycles. The van der Waals surface area contributed by atoms with Crippen LogP contribution in [0.1, 0.15) is 54.3 Å². The van der Waals surface area contributed by atoms with E-state index in [1.165, 1.54) is 0 Å². The number of hydrogen-bond acceptors (Lipinski definition) is 4. The second-order valence-electron chi connectivity index (χ2n) is 5.08. The minimum absolute atomic E-state index is 0.229. The van der Waals surface area contributed by atoms with Gasteiger partial charge >= 0.3 is 11.9 Å². The third-order valence-corrected chi connectivity index (χ3v) is 3.35. The van der Waals surface area contributed by atoms with Crippen LogP contribution in [0.25, 0.3) is 0 Å². The molecule has 0 spiro atoms. The van der Waals surface area contributed by atoms with Gasteiger partial charge in [-0.3, -0.25) is 0 Å². The molecule has 0 N–H and O–H groups in total. The average molecular weight is 357 g/mol. The normalized spacial score (nSPS) is 10.5. The van der Waals surface area contributed by atoms with E-state index in [1.54, 1.807) is 25.1 Å². The van der Waals surface area contributed by atoms with Gasteiger partial charge in [0.15, 0.2) is 0 Å². The maximum Gasteiger partial charge on any atom is 0.339 e. The summed E-state index contributed by atoms with van der Waals surface area (Å²) in [6.45, 7) is 6.58. The van der Waals surface area contributed by atoms with E-state index in [0.717, 1.165) is 12.8 Å². The van der Waals surface area contributed by atoms with Crippen molar-refractivity contribution in [3.8, 4) is 0 Å².